The van der Waals surface area contributed by atoms with Crippen molar-refractivity contribution in [2.45, 2.75) is 6.42 Å². The molecule has 0 spiro atoms. The first-order valence-electron chi connectivity index (χ1n) is 8.85. The Balaban J connectivity index is 1.44. The van der Waals surface area contributed by atoms with Crippen LogP contribution < -0.4 is 10.1 Å². The molecule has 0 aliphatic carbocycles. The molecule has 0 atom stereocenters. The summed E-state index contributed by atoms with van der Waals surface area (Å²) in [5.74, 6) is 0.342. The van der Waals surface area contributed by atoms with E-state index in [1.165, 1.54) is 5.56 Å². The number of carbonyl (C=O) groups is 2. The standard InChI is InChI=1S/C23H21NO3/c25-22(24-16-15-18-7-3-1-4-8-18)17-27-21-13-11-20(12-14-21)23(26)19-9-5-2-6-10-19/h1-14H,15-17H2,(H,24,25). The summed E-state index contributed by atoms with van der Waals surface area (Å²) in [5.41, 5.74) is 2.40. The average molecular weight is 359 g/mol. The molecule has 1 N–H and O–H groups in total. The Morgan fingerprint density at radius 1 is 0.741 bits per heavy atom. The predicted molar refractivity (Wildman–Crippen MR) is 105 cm³/mol. The minimum absolute atomic E-state index is 0.0409. The Bertz CT molecular complexity index is 875. The van der Waals surface area contributed by atoms with E-state index < -0.39 is 0 Å². The van der Waals surface area contributed by atoms with Crippen molar-refractivity contribution in [1.82, 2.24) is 5.32 Å². The SMILES string of the molecule is O=C(COc1ccc(C(=O)c2ccccc2)cc1)NCCc1ccccc1. The molecule has 0 saturated heterocycles. The van der Waals surface area contributed by atoms with Gasteiger partial charge in [0.1, 0.15) is 5.75 Å². The number of hydrogen-bond acceptors (Lipinski definition) is 3. The van der Waals surface area contributed by atoms with E-state index in [4.69, 9.17) is 4.74 Å². The molecule has 1 amide bonds. The van der Waals surface area contributed by atoms with Crippen molar-refractivity contribution in [1.29, 1.82) is 0 Å². The van der Waals surface area contributed by atoms with Gasteiger partial charge in [0.15, 0.2) is 12.4 Å². The van der Waals surface area contributed by atoms with Crippen LogP contribution in [0.25, 0.3) is 0 Å². The summed E-state index contributed by atoms with van der Waals surface area (Å²) in [6, 6.07) is 25.9. The van der Waals surface area contributed by atoms with Gasteiger partial charge >= 0.3 is 0 Å². The summed E-state index contributed by atoms with van der Waals surface area (Å²) in [6.07, 6.45) is 0.781. The van der Waals surface area contributed by atoms with Crippen LogP contribution in [0.15, 0.2) is 84.9 Å². The Morgan fingerprint density at radius 3 is 2.00 bits per heavy atom. The van der Waals surface area contributed by atoms with Crippen LogP contribution in [0.5, 0.6) is 5.75 Å². The molecule has 0 unspecified atom stereocenters. The highest BCUT2D eigenvalue weighted by Crippen LogP contribution is 2.15. The van der Waals surface area contributed by atoms with Crippen molar-refractivity contribution >= 4 is 11.7 Å². The molecule has 0 fully saturated rings. The number of benzene rings is 3. The van der Waals surface area contributed by atoms with Gasteiger partial charge in [0.05, 0.1) is 0 Å². The highest BCUT2D eigenvalue weighted by atomic mass is 16.5. The van der Waals surface area contributed by atoms with Crippen LogP contribution in [0.1, 0.15) is 21.5 Å². The zero-order valence-corrected chi connectivity index (χ0v) is 14.9. The molecular formula is C23H21NO3. The quantitative estimate of drug-likeness (QED) is 0.625. The maximum absolute atomic E-state index is 12.4. The van der Waals surface area contributed by atoms with Crippen molar-refractivity contribution in [3.8, 4) is 5.75 Å². The molecule has 4 heteroatoms. The second kappa shape index (κ2) is 9.34. The van der Waals surface area contributed by atoms with E-state index in [9.17, 15) is 9.59 Å². The Morgan fingerprint density at radius 2 is 1.33 bits per heavy atom. The monoisotopic (exact) mass is 359 g/mol. The lowest BCUT2D eigenvalue weighted by Crippen LogP contribution is -2.30. The largest absolute Gasteiger partial charge is 0.484 e. The molecule has 4 nitrogen and oxygen atoms in total. The number of carbonyl (C=O) groups excluding carboxylic acids is 2. The third-order valence-electron chi connectivity index (χ3n) is 4.10. The molecule has 0 aromatic heterocycles. The van der Waals surface area contributed by atoms with E-state index in [0.29, 0.717) is 23.4 Å². The second-order valence-electron chi connectivity index (χ2n) is 6.09. The van der Waals surface area contributed by atoms with Crippen LogP contribution in [-0.4, -0.2) is 24.8 Å². The lowest BCUT2D eigenvalue weighted by molar-refractivity contribution is -0.123. The van der Waals surface area contributed by atoms with Crippen molar-refractivity contribution in [2.75, 3.05) is 13.2 Å². The van der Waals surface area contributed by atoms with E-state index in [1.54, 1.807) is 36.4 Å². The fourth-order valence-corrected chi connectivity index (χ4v) is 2.65. The maximum atomic E-state index is 12.4. The molecule has 0 saturated carbocycles. The first-order valence-corrected chi connectivity index (χ1v) is 8.85. The molecule has 136 valence electrons. The summed E-state index contributed by atoms with van der Waals surface area (Å²) in [6.45, 7) is 0.511. The zero-order chi connectivity index (χ0) is 18.9. The molecule has 3 aromatic carbocycles. The Labute approximate surface area is 158 Å². The highest BCUT2D eigenvalue weighted by Gasteiger charge is 2.09. The van der Waals surface area contributed by atoms with Gasteiger partial charge in [-0.2, -0.15) is 0 Å². The van der Waals surface area contributed by atoms with Gasteiger partial charge in [-0.1, -0.05) is 60.7 Å². The number of ether oxygens (including phenoxy) is 1. The van der Waals surface area contributed by atoms with Crippen LogP contribution >= 0.6 is 0 Å². The van der Waals surface area contributed by atoms with E-state index in [2.05, 4.69) is 5.32 Å². The Hall–Kier alpha value is -3.40. The molecule has 0 aliphatic rings. The number of rotatable bonds is 8. The normalized spacial score (nSPS) is 10.2. The van der Waals surface area contributed by atoms with Gasteiger partial charge in [0, 0.05) is 17.7 Å². The zero-order valence-electron chi connectivity index (χ0n) is 14.9. The van der Waals surface area contributed by atoms with Gasteiger partial charge in [-0.05, 0) is 36.2 Å². The number of nitrogens with one attached hydrogen (secondary N) is 1. The van der Waals surface area contributed by atoms with E-state index in [0.717, 1.165) is 6.42 Å². The average Bonchev–Trinajstić information content (AvgIpc) is 2.73. The number of amides is 1. The minimum Gasteiger partial charge on any atom is -0.484 e. The van der Waals surface area contributed by atoms with E-state index in [-0.39, 0.29) is 18.3 Å². The molecule has 3 aromatic rings. The van der Waals surface area contributed by atoms with Gasteiger partial charge in [0.25, 0.3) is 5.91 Å². The predicted octanol–water partition coefficient (Wildman–Crippen LogP) is 3.66. The molecule has 0 aliphatic heterocycles. The summed E-state index contributed by atoms with van der Waals surface area (Å²) in [4.78, 5) is 24.2. The van der Waals surface area contributed by atoms with Crippen molar-refractivity contribution in [2.24, 2.45) is 0 Å². The molecule has 0 bridgehead atoms. The lowest BCUT2D eigenvalue weighted by atomic mass is 10.0. The fourth-order valence-electron chi connectivity index (χ4n) is 2.65. The molecule has 27 heavy (non-hydrogen) atoms. The molecule has 3 rings (SSSR count). The molecule has 0 radical (unpaired) electrons. The van der Waals surface area contributed by atoms with Crippen LogP contribution in [0, 0.1) is 0 Å². The third-order valence-corrected chi connectivity index (χ3v) is 4.10. The van der Waals surface area contributed by atoms with Crippen LogP contribution in [0.2, 0.25) is 0 Å². The van der Waals surface area contributed by atoms with Crippen molar-refractivity contribution in [3.05, 3.63) is 102 Å². The number of hydrogen-bond donors (Lipinski definition) is 1. The highest BCUT2D eigenvalue weighted by molar-refractivity contribution is 6.08. The number of ketones is 1. The van der Waals surface area contributed by atoms with Crippen molar-refractivity contribution in [3.63, 3.8) is 0 Å². The topological polar surface area (TPSA) is 55.4 Å². The van der Waals surface area contributed by atoms with E-state index in [1.807, 2.05) is 48.5 Å². The van der Waals surface area contributed by atoms with Gasteiger partial charge in [0.2, 0.25) is 0 Å². The maximum Gasteiger partial charge on any atom is 0.257 e. The first kappa shape index (κ1) is 18.4. The fraction of sp³-hybridized carbons (Fsp3) is 0.130. The molecular weight excluding hydrogens is 338 g/mol. The third kappa shape index (κ3) is 5.54. The van der Waals surface area contributed by atoms with Gasteiger partial charge in [-0.15, -0.1) is 0 Å². The summed E-state index contributed by atoms with van der Waals surface area (Å²) >= 11 is 0. The molecule has 0 heterocycles. The second-order valence-corrected chi connectivity index (χ2v) is 6.09. The summed E-state index contributed by atoms with van der Waals surface area (Å²) in [7, 11) is 0. The van der Waals surface area contributed by atoms with Gasteiger partial charge in [-0.3, -0.25) is 9.59 Å². The summed E-state index contributed by atoms with van der Waals surface area (Å²) in [5, 5.41) is 2.83. The van der Waals surface area contributed by atoms with Crippen LogP contribution in [0.3, 0.4) is 0 Å². The minimum atomic E-state index is -0.171. The van der Waals surface area contributed by atoms with Gasteiger partial charge in [-0.25, -0.2) is 0 Å². The van der Waals surface area contributed by atoms with Gasteiger partial charge < -0.3 is 10.1 Å². The van der Waals surface area contributed by atoms with Crippen LogP contribution in [0.4, 0.5) is 0 Å². The summed E-state index contributed by atoms with van der Waals surface area (Å²) < 4.78 is 5.49. The smallest absolute Gasteiger partial charge is 0.257 e. The Kier molecular flexibility index (Phi) is 6.36. The lowest BCUT2D eigenvalue weighted by Gasteiger charge is -2.08. The van der Waals surface area contributed by atoms with E-state index >= 15 is 0 Å². The van der Waals surface area contributed by atoms with Crippen LogP contribution in [-0.2, 0) is 11.2 Å². The first-order chi connectivity index (χ1) is 13.2. The van der Waals surface area contributed by atoms with Crippen molar-refractivity contribution < 1.29 is 14.3 Å².